The molecule has 1 aliphatic heterocycles. The lowest BCUT2D eigenvalue weighted by molar-refractivity contribution is -0.295. The molecule has 0 spiro atoms. The zero-order valence-corrected chi connectivity index (χ0v) is 13.1. The third-order valence-corrected chi connectivity index (χ3v) is 3.50. The van der Waals surface area contributed by atoms with E-state index in [-0.39, 0.29) is 0 Å². The maximum absolute atomic E-state index is 11.3. The Labute approximate surface area is 136 Å². The normalized spacial score (nSPS) is 32.5. The first-order valence-electron chi connectivity index (χ1n) is 7.06. The number of carboxylic acids is 1. The Morgan fingerprint density at radius 1 is 1.38 bits per heavy atom. The summed E-state index contributed by atoms with van der Waals surface area (Å²) in [5.41, 5.74) is 0. The molecule has 0 aromatic heterocycles. The Hall–Kier alpha value is -1.79. The standard InChI is InChI=1S/C13H21NO10/c1-5(16)14-9-7(18)3-13(22,12(20)21)24-11(9)10(19)8(4-15)23-6(2)17/h7-11,15,18-19,22H,3-4H2,1-2H3,(H,14,16)(H,20,21). The summed E-state index contributed by atoms with van der Waals surface area (Å²) in [5, 5.41) is 50.8. The van der Waals surface area contributed by atoms with Crippen LogP contribution in [0, 0.1) is 0 Å². The van der Waals surface area contributed by atoms with Crippen LogP contribution in [0.15, 0.2) is 0 Å². The van der Waals surface area contributed by atoms with Crippen molar-refractivity contribution >= 4 is 17.8 Å². The molecule has 0 aliphatic carbocycles. The van der Waals surface area contributed by atoms with Gasteiger partial charge in [-0.2, -0.15) is 0 Å². The maximum Gasteiger partial charge on any atom is 0.364 e. The second-order valence-corrected chi connectivity index (χ2v) is 5.49. The number of ether oxygens (including phenoxy) is 2. The highest BCUT2D eigenvalue weighted by atomic mass is 16.7. The zero-order valence-electron chi connectivity index (χ0n) is 13.1. The lowest BCUT2D eigenvalue weighted by Crippen LogP contribution is -2.67. The highest BCUT2D eigenvalue weighted by Crippen LogP contribution is 2.30. The number of rotatable bonds is 6. The number of hydrogen-bond acceptors (Lipinski definition) is 9. The van der Waals surface area contributed by atoms with Crippen molar-refractivity contribution < 1.29 is 49.4 Å². The van der Waals surface area contributed by atoms with Gasteiger partial charge in [-0.1, -0.05) is 0 Å². The number of aliphatic hydroxyl groups excluding tert-OH is 3. The van der Waals surface area contributed by atoms with E-state index in [2.05, 4.69) is 10.1 Å². The minimum absolute atomic E-state index is 0.617. The van der Waals surface area contributed by atoms with Gasteiger partial charge in [0.1, 0.15) is 12.2 Å². The summed E-state index contributed by atoms with van der Waals surface area (Å²) in [4.78, 5) is 33.4. The van der Waals surface area contributed by atoms with Crippen molar-refractivity contribution in [3.63, 3.8) is 0 Å². The van der Waals surface area contributed by atoms with Gasteiger partial charge < -0.3 is 40.3 Å². The minimum Gasteiger partial charge on any atom is -0.477 e. The average Bonchev–Trinajstić information content (AvgIpc) is 2.46. The van der Waals surface area contributed by atoms with Crippen molar-refractivity contribution in [2.75, 3.05) is 6.61 Å². The molecule has 0 aromatic rings. The van der Waals surface area contributed by atoms with Gasteiger partial charge in [-0.3, -0.25) is 9.59 Å². The lowest BCUT2D eigenvalue weighted by atomic mass is 9.88. The Morgan fingerprint density at radius 2 is 1.96 bits per heavy atom. The van der Waals surface area contributed by atoms with Gasteiger partial charge in [-0.05, 0) is 0 Å². The molecule has 0 saturated carbocycles. The largest absolute Gasteiger partial charge is 0.477 e. The van der Waals surface area contributed by atoms with E-state index >= 15 is 0 Å². The van der Waals surface area contributed by atoms with Crippen molar-refractivity contribution in [3.05, 3.63) is 0 Å². The van der Waals surface area contributed by atoms with E-state index in [0.717, 1.165) is 13.8 Å². The molecule has 1 aliphatic rings. The van der Waals surface area contributed by atoms with Crippen LogP contribution in [0.3, 0.4) is 0 Å². The van der Waals surface area contributed by atoms with Gasteiger partial charge in [0.25, 0.3) is 5.79 Å². The molecule has 1 heterocycles. The minimum atomic E-state index is -2.82. The molecular weight excluding hydrogens is 330 g/mol. The number of aliphatic hydroxyl groups is 4. The number of carbonyl (C=O) groups is 3. The van der Waals surface area contributed by atoms with E-state index in [9.17, 15) is 34.8 Å². The summed E-state index contributed by atoms with van der Waals surface area (Å²) in [6, 6.07) is -1.30. The summed E-state index contributed by atoms with van der Waals surface area (Å²) in [7, 11) is 0. The molecule has 6 N–H and O–H groups in total. The van der Waals surface area contributed by atoms with Gasteiger partial charge >= 0.3 is 11.9 Å². The molecule has 1 amide bonds. The summed E-state index contributed by atoms with van der Waals surface area (Å²) >= 11 is 0. The molecule has 138 valence electrons. The third kappa shape index (κ3) is 4.61. The van der Waals surface area contributed by atoms with Crippen LogP contribution in [-0.2, 0) is 23.9 Å². The van der Waals surface area contributed by atoms with Crippen molar-refractivity contribution in [2.24, 2.45) is 0 Å². The first-order valence-corrected chi connectivity index (χ1v) is 7.06. The van der Waals surface area contributed by atoms with Crippen molar-refractivity contribution in [1.29, 1.82) is 0 Å². The van der Waals surface area contributed by atoms with E-state index < -0.39 is 67.1 Å². The highest BCUT2D eigenvalue weighted by Gasteiger charge is 2.54. The SMILES string of the molecule is CC(=O)NC1C(O)CC(O)(C(=O)O)OC1C(O)C(CO)OC(C)=O. The quantitative estimate of drug-likeness (QED) is 0.265. The first-order chi connectivity index (χ1) is 11.0. The summed E-state index contributed by atoms with van der Waals surface area (Å²) in [6.45, 7) is 1.30. The fourth-order valence-corrected chi connectivity index (χ4v) is 2.45. The molecule has 24 heavy (non-hydrogen) atoms. The number of amides is 1. The molecule has 1 rings (SSSR count). The Bertz CT molecular complexity index is 497. The fourth-order valence-electron chi connectivity index (χ4n) is 2.45. The number of carboxylic acid groups (broad SMARTS) is 1. The predicted octanol–water partition coefficient (Wildman–Crippen LogP) is -3.30. The van der Waals surface area contributed by atoms with E-state index in [1.54, 1.807) is 0 Å². The molecule has 6 unspecified atom stereocenters. The molecular formula is C13H21NO10. The van der Waals surface area contributed by atoms with Gasteiger partial charge in [0.05, 0.1) is 18.8 Å². The summed E-state index contributed by atoms with van der Waals surface area (Å²) < 4.78 is 9.66. The molecule has 1 fully saturated rings. The summed E-state index contributed by atoms with van der Waals surface area (Å²) in [5.74, 6) is -6.09. The fraction of sp³-hybridized carbons (Fsp3) is 0.769. The second-order valence-electron chi connectivity index (χ2n) is 5.49. The number of hydrogen-bond donors (Lipinski definition) is 6. The Kier molecular flexibility index (Phi) is 6.63. The van der Waals surface area contributed by atoms with Crippen molar-refractivity contribution in [1.82, 2.24) is 5.32 Å². The average molecular weight is 351 g/mol. The number of nitrogens with one attached hydrogen (secondary N) is 1. The van der Waals surface area contributed by atoms with Crippen LogP contribution in [0.1, 0.15) is 20.3 Å². The van der Waals surface area contributed by atoms with Crippen LogP contribution in [0.2, 0.25) is 0 Å². The van der Waals surface area contributed by atoms with Crippen LogP contribution < -0.4 is 5.32 Å². The third-order valence-electron chi connectivity index (χ3n) is 3.50. The van der Waals surface area contributed by atoms with Crippen LogP contribution >= 0.6 is 0 Å². The Morgan fingerprint density at radius 3 is 2.38 bits per heavy atom. The molecule has 0 aromatic carbocycles. The topological polar surface area (TPSA) is 183 Å². The molecule has 6 atom stereocenters. The van der Waals surface area contributed by atoms with E-state index in [0.29, 0.717) is 0 Å². The predicted molar refractivity (Wildman–Crippen MR) is 74.3 cm³/mol. The van der Waals surface area contributed by atoms with Crippen LogP contribution in [0.25, 0.3) is 0 Å². The monoisotopic (exact) mass is 351 g/mol. The molecule has 11 nitrogen and oxygen atoms in total. The molecule has 0 radical (unpaired) electrons. The second kappa shape index (κ2) is 7.85. The smallest absolute Gasteiger partial charge is 0.364 e. The van der Waals surface area contributed by atoms with E-state index in [1.165, 1.54) is 0 Å². The van der Waals surface area contributed by atoms with Gasteiger partial charge in [0.15, 0.2) is 6.10 Å². The van der Waals surface area contributed by atoms with E-state index in [4.69, 9.17) is 9.84 Å². The molecule has 0 bridgehead atoms. The Balaban J connectivity index is 3.14. The molecule has 1 saturated heterocycles. The number of esters is 1. The summed E-state index contributed by atoms with van der Waals surface area (Å²) in [6.07, 6.45) is -7.38. The number of aliphatic carboxylic acids is 1. The van der Waals surface area contributed by atoms with Gasteiger partial charge in [-0.25, -0.2) is 4.79 Å². The van der Waals surface area contributed by atoms with Gasteiger partial charge in [-0.15, -0.1) is 0 Å². The van der Waals surface area contributed by atoms with Gasteiger partial charge in [0, 0.05) is 20.3 Å². The number of carbonyl (C=O) groups excluding carboxylic acids is 2. The zero-order chi connectivity index (χ0) is 18.7. The van der Waals surface area contributed by atoms with Crippen LogP contribution in [0.4, 0.5) is 0 Å². The van der Waals surface area contributed by atoms with Crippen LogP contribution in [-0.4, -0.2) is 86.2 Å². The molecule has 11 heteroatoms. The van der Waals surface area contributed by atoms with Crippen molar-refractivity contribution in [3.8, 4) is 0 Å². The highest BCUT2D eigenvalue weighted by molar-refractivity contribution is 5.76. The maximum atomic E-state index is 11.3. The lowest BCUT2D eigenvalue weighted by Gasteiger charge is -2.44. The van der Waals surface area contributed by atoms with Crippen LogP contribution in [0.5, 0.6) is 0 Å². The first kappa shape index (κ1) is 20.3. The van der Waals surface area contributed by atoms with Crippen molar-refractivity contribution in [2.45, 2.75) is 56.5 Å². The van der Waals surface area contributed by atoms with E-state index in [1.807, 2.05) is 0 Å². The van der Waals surface area contributed by atoms with Gasteiger partial charge in [0.2, 0.25) is 5.91 Å².